The predicted molar refractivity (Wildman–Crippen MR) is 101 cm³/mol. The smallest absolute Gasteiger partial charge is 0.338 e. The van der Waals surface area contributed by atoms with Crippen molar-refractivity contribution in [2.75, 3.05) is 10.6 Å². The van der Waals surface area contributed by atoms with Gasteiger partial charge in [-0.25, -0.2) is 4.79 Å². The first-order valence-electron chi connectivity index (χ1n) is 8.27. The Bertz CT molecular complexity index is 874. The number of rotatable bonds is 6. The van der Waals surface area contributed by atoms with Gasteiger partial charge in [-0.2, -0.15) is 0 Å². The first-order valence-corrected chi connectivity index (χ1v) is 8.27. The molecule has 2 aromatic rings. The molecule has 0 saturated heterocycles. The molecule has 0 bridgehead atoms. The van der Waals surface area contributed by atoms with Gasteiger partial charge in [0.2, 0.25) is 5.91 Å². The molecule has 7 nitrogen and oxygen atoms in total. The standard InChI is InChI=1S/C20H20N2O5/c1-12(23)17-6-4-5-7-18(17)22-19(25)13(2)27-20(26)15-8-10-16(11-9-15)21-14(3)24/h4-11,13H,1-3H3,(H,21,24)(H,22,25)/t13-/m1/s1. The lowest BCUT2D eigenvalue weighted by molar-refractivity contribution is -0.123. The van der Waals surface area contributed by atoms with E-state index in [1.54, 1.807) is 36.4 Å². The minimum Gasteiger partial charge on any atom is -0.449 e. The molecule has 2 aromatic carbocycles. The second-order valence-corrected chi connectivity index (χ2v) is 5.90. The molecule has 0 radical (unpaired) electrons. The van der Waals surface area contributed by atoms with Crippen LogP contribution in [0.4, 0.5) is 11.4 Å². The number of amides is 2. The summed E-state index contributed by atoms with van der Waals surface area (Å²) in [6.07, 6.45) is -1.06. The fraction of sp³-hybridized carbons (Fsp3) is 0.200. The summed E-state index contributed by atoms with van der Waals surface area (Å²) in [5, 5.41) is 5.18. The van der Waals surface area contributed by atoms with Gasteiger partial charge in [0.15, 0.2) is 11.9 Å². The molecular weight excluding hydrogens is 348 g/mol. The van der Waals surface area contributed by atoms with E-state index in [4.69, 9.17) is 4.74 Å². The van der Waals surface area contributed by atoms with Gasteiger partial charge in [0.05, 0.1) is 11.3 Å². The molecule has 1 atom stereocenters. The predicted octanol–water partition coefficient (Wildman–Crippen LogP) is 3.03. The van der Waals surface area contributed by atoms with Crippen LogP contribution in [0.5, 0.6) is 0 Å². The van der Waals surface area contributed by atoms with Crippen molar-refractivity contribution in [2.45, 2.75) is 26.9 Å². The highest BCUT2D eigenvalue weighted by Crippen LogP contribution is 2.17. The molecule has 0 saturated carbocycles. The van der Waals surface area contributed by atoms with Crippen LogP contribution in [0, 0.1) is 0 Å². The number of nitrogens with one attached hydrogen (secondary N) is 2. The quantitative estimate of drug-likeness (QED) is 0.603. The molecule has 2 N–H and O–H groups in total. The van der Waals surface area contributed by atoms with E-state index in [0.29, 0.717) is 16.9 Å². The van der Waals surface area contributed by atoms with E-state index >= 15 is 0 Å². The lowest BCUT2D eigenvalue weighted by Crippen LogP contribution is -2.30. The van der Waals surface area contributed by atoms with Gasteiger partial charge >= 0.3 is 5.97 Å². The summed E-state index contributed by atoms with van der Waals surface area (Å²) in [5.74, 6) is -1.63. The number of ketones is 1. The van der Waals surface area contributed by atoms with Crippen LogP contribution < -0.4 is 10.6 Å². The Kier molecular flexibility index (Phi) is 6.43. The maximum Gasteiger partial charge on any atom is 0.338 e. The summed E-state index contributed by atoms with van der Waals surface area (Å²) in [6.45, 7) is 4.22. The first-order chi connectivity index (χ1) is 12.8. The summed E-state index contributed by atoms with van der Waals surface area (Å²) < 4.78 is 5.17. The molecule has 0 fully saturated rings. The summed E-state index contributed by atoms with van der Waals surface area (Å²) >= 11 is 0. The Morgan fingerprint density at radius 1 is 0.889 bits per heavy atom. The lowest BCUT2D eigenvalue weighted by Gasteiger charge is -2.15. The molecule has 7 heteroatoms. The number of hydrogen-bond acceptors (Lipinski definition) is 5. The highest BCUT2D eigenvalue weighted by Gasteiger charge is 2.20. The zero-order valence-electron chi connectivity index (χ0n) is 15.2. The van der Waals surface area contributed by atoms with E-state index in [9.17, 15) is 19.2 Å². The lowest BCUT2D eigenvalue weighted by atomic mass is 10.1. The van der Waals surface area contributed by atoms with Gasteiger partial charge in [0.1, 0.15) is 0 Å². The van der Waals surface area contributed by atoms with Crippen LogP contribution >= 0.6 is 0 Å². The average molecular weight is 368 g/mol. The molecule has 140 valence electrons. The third-order valence-corrected chi connectivity index (χ3v) is 3.66. The number of carbonyl (C=O) groups excluding carboxylic acids is 4. The molecule has 0 spiro atoms. The number of ether oxygens (including phenoxy) is 1. The number of hydrogen-bond donors (Lipinski definition) is 2. The van der Waals surface area contributed by atoms with Gasteiger partial charge in [-0.1, -0.05) is 12.1 Å². The molecule has 0 aliphatic rings. The van der Waals surface area contributed by atoms with Crippen molar-refractivity contribution in [2.24, 2.45) is 0 Å². The van der Waals surface area contributed by atoms with E-state index in [-0.39, 0.29) is 17.3 Å². The third-order valence-electron chi connectivity index (χ3n) is 3.66. The molecule has 2 rings (SSSR count). The molecule has 0 heterocycles. The van der Waals surface area contributed by atoms with Gasteiger partial charge in [-0.3, -0.25) is 14.4 Å². The van der Waals surface area contributed by atoms with Gasteiger partial charge in [-0.15, -0.1) is 0 Å². The summed E-state index contributed by atoms with van der Waals surface area (Å²) in [5.41, 5.74) is 1.52. The largest absolute Gasteiger partial charge is 0.449 e. The van der Waals surface area contributed by atoms with Crippen LogP contribution in [0.2, 0.25) is 0 Å². The molecular formula is C20H20N2O5. The van der Waals surface area contributed by atoms with Gasteiger partial charge < -0.3 is 15.4 Å². The maximum absolute atomic E-state index is 12.3. The monoisotopic (exact) mass is 368 g/mol. The van der Waals surface area contributed by atoms with Gasteiger partial charge in [0, 0.05) is 18.2 Å². The summed E-state index contributed by atoms with van der Waals surface area (Å²) in [4.78, 5) is 47.1. The Labute approximate surface area is 156 Å². The van der Waals surface area contributed by atoms with Crippen molar-refractivity contribution in [1.82, 2.24) is 0 Å². The van der Waals surface area contributed by atoms with Crippen LogP contribution in [0.3, 0.4) is 0 Å². The zero-order chi connectivity index (χ0) is 20.0. The Hall–Kier alpha value is -3.48. The van der Waals surface area contributed by atoms with Crippen LogP contribution in [-0.2, 0) is 14.3 Å². The van der Waals surface area contributed by atoms with Crippen LogP contribution in [-0.4, -0.2) is 29.7 Å². The number of para-hydroxylation sites is 1. The number of benzene rings is 2. The van der Waals surface area contributed by atoms with E-state index < -0.39 is 18.0 Å². The fourth-order valence-electron chi connectivity index (χ4n) is 2.31. The van der Waals surface area contributed by atoms with Crippen LogP contribution in [0.1, 0.15) is 41.5 Å². The third kappa shape index (κ3) is 5.50. The van der Waals surface area contributed by atoms with Crippen molar-refractivity contribution in [3.05, 3.63) is 59.7 Å². The van der Waals surface area contributed by atoms with E-state index in [1.165, 1.54) is 32.9 Å². The Morgan fingerprint density at radius 2 is 1.52 bits per heavy atom. The fourth-order valence-corrected chi connectivity index (χ4v) is 2.31. The van der Waals surface area contributed by atoms with Crippen molar-refractivity contribution < 1.29 is 23.9 Å². The topological polar surface area (TPSA) is 102 Å². The molecule has 0 aromatic heterocycles. The van der Waals surface area contributed by atoms with Crippen molar-refractivity contribution >= 4 is 34.9 Å². The SMILES string of the molecule is CC(=O)Nc1ccc(C(=O)O[C@H](C)C(=O)Nc2ccccc2C(C)=O)cc1. The zero-order valence-corrected chi connectivity index (χ0v) is 15.2. The minimum absolute atomic E-state index is 0.185. The number of Topliss-reactive ketones (excluding diaryl/α,β-unsaturated/α-hetero) is 1. The van der Waals surface area contributed by atoms with Crippen molar-refractivity contribution in [3.63, 3.8) is 0 Å². The van der Waals surface area contributed by atoms with Crippen molar-refractivity contribution in [3.8, 4) is 0 Å². The Balaban J connectivity index is 2.00. The minimum atomic E-state index is -1.06. The molecule has 2 amide bonds. The average Bonchev–Trinajstić information content (AvgIpc) is 2.61. The number of anilines is 2. The maximum atomic E-state index is 12.3. The first kappa shape index (κ1) is 19.8. The highest BCUT2D eigenvalue weighted by atomic mass is 16.5. The second kappa shape index (κ2) is 8.75. The van der Waals surface area contributed by atoms with Crippen molar-refractivity contribution in [1.29, 1.82) is 0 Å². The summed E-state index contributed by atoms with van der Waals surface area (Å²) in [6, 6.07) is 12.7. The Morgan fingerprint density at radius 3 is 2.11 bits per heavy atom. The van der Waals surface area contributed by atoms with Crippen LogP contribution in [0.25, 0.3) is 0 Å². The summed E-state index contributed by atoms with van der Waals surface area (Å²) in [7, 11) is 0. The van der Waals surface area contributed by atoms with Gasteiger partial charge in [0.25, 0.3) is 5.91 Å². The van der Waals surface area contributed by atoms with E-state index in [2.05, 4.69) is 10.6 Å². The number of carbonyl (C=O) groups is 4. The van der Waals surface area contributed by atoms with E-state index in [1.807, 2.05) is 0 Å². The molecule has 27 heavy (non-hydrogen) atoms. The molecule has 0 aliphatic heterocycles. The van der Waals surface area contributed by atoms with Gasteiger partial charge in [-0.05, 0) is 50.2 Å². The second-order valence-electron chi connectivity index (χ2n) is 5.90. The van der Waals surface area contributed by atoms with Crippen LogP contribution in [0.15, 0.2) is 48.5 Å². The normalized spacial score (nSPS) is 11.2. The molecule has 0 aliphatic carbocycles. The van der Waals surface area contributed by atoms with E-state index in [0.717, 1.165) is 0 Å². The molecule has 0 unspecified atom stereocenters. The highest BCUT2D eigenvalue weighted by molar-refractivity contribution is 6.05. The number of esters is 1.